The second kappa shape index (κ2) is 11.1. The molecule has 32 heavy (non-hydrogen) atoms. The molecule has 0 bridgehead atoms. The summed E-state index contributed by atoms with van der Waals surface area (Å²) >= 11 is 1.24. The van der Waals surface area contributed by atoms with E-state index in [2.05, 4.69) is 5.32 Å². The third kappa shape index (κ3) is 6.08. The molecule has 9 heteroatoms. The fraction of sp³-hybridized carbons (Fsp3) is 0.348. The van der Waals surface area contributed by atoms with E-state index in [9.17, 15) is 23.9 Å². The molecule has 2 aromatic rings. The number of amides is 1. The van der Waals surface area contributed by atoms with Gasteiger partial charge in [0.05, 0.1) is 18.3 Å². The molecule has 2 N–H and O–H groups in total. The predicted octanol–water partition coefficient (Wildman–Crippen LogP) is 2.87. The Bertz CT molecular complexity index is 972. The number of esters is 1. The van der Waals surface area contributed by atoms with Crippen LogP contribution in [0.15, 0.2) is 53.4 Å². The summed E-state index contributed by atoms with van der Waals surface area (Å²) in [5.74, 6) is -2.41. The number of aliphatic carboxylic acids is 1. The minimum absolute atomic E-state index is 0.200. The van der Waals surface area contributed by atoms with Crippen molar-refractivity contribution in [1.82, 2.24) is 5.32 Å². The van der Waals surface area contributed by atoms with E-state index in [0.29, 0.717) is 23.4 Å². The summed E-state index contributed by atoms with van der Waals surface area (Å²) < 4.78 is 19.0. The van der Waals surface area contributed by atoms with Gasteiger partial charge in [-0.1, -0.05) is 30.3 Å². The number of aryl methyl sites for hydroxylation is 1. The second-order valence-electron chi connectivity index (χ2n) is 7.29. The fourth-order valence-corrected chi connectivity index (χ4v) is 4.61. The Morgan fingerprint density at radius 3 is 2.72 bits per heavy atom. The first kappa shape index (κ1) is 23.7. The highest BCUT2D eigenvalue weighted by atomic mass is 32.2. The van der Waals surface area contributed by atoms with E-state index in [4.69, 9.17) is 4.74 Å². The van der Waals surface area contributed by atoms with E-state index in [1.165, 1.54) is 30.0 Å². The first-order valence-corrected chi connectivity index (χ1v) is 11.3. The lowest BCUT2D eigenvalue weighted by Gasteiger charge is -2.27. The number of hydrogen-bond acceptors (Lipinski definition) is 6. The van der Waals surface area contributed by atoms with Gasteiger partial charge in [0.25, 0.3) is 0 Å². The molecule has 1 amide bonds. The lowest BCUT2D eigenvalue weighted by atomic mass is 10.0. The smallest absolute Gasteiger partial charge is 0.323 e. The maximum atomic E-state index is 13.8. The topological polar surface area (TPSA) is 95.9 Å². The van der Waals surface area contributed by atoms with E-state index < -0.39 is 42.3 Å². The number of ether oxygens (including phenoxy) is 1. The van der Waals surface area contributed by atoms with Gasteiger partial charge in [-0.2, -0.15) is 0 Å². The average Bonchev–Trinajstić information content (AvgIpc) is 2.88. The number of carboxylic acids is 1. The Kier molecular flexibility index (Phi) is 8.24. The zero-order chi connectivity index (χ0) is 23.1. The van der Waals surface area contributed by atoms with Crippen LogP contribution in [0.1, 0.15) is 18.9 Å². The number of nitrogens with zero attached hydrogens (tertiary/aromatic N) is 1. The molecule has 170 valence electrons. The van der Waals surface area contributed by atoms with Gasteiger partial charge < -0.3 is 9.84 Å². The normalized spacial score (nSPS) is 16.8. The Labute approximate surface area is 189 Å². The molecule has 2 aromatic carbocycles. The molecule has 7 nitrogen and oxygen atoms in total. The number of halogens is 1. The highest BCUT2D eigenvalue weighted by molar-refractivity contribution is 7.99. The number of fused-ring (bicyclic) bond motifs is 1. The molecule has 2 atom stereocenters. The largest absolute Gasteiger partial charge is 0.480 e. The minimum atomic E-state index is -1.19. The molecular formula is C23H25FN2O5S. The molecule has 1 aliphatic rings. The number of anilines is 1. The van der Waals surface area contributed by atoms with Crippen molar-refractivity contribution in [2.75, 3.05) is 23.8 Å². The van der Waals surface area contributed by atoms with Crippen LogP contribution in [0.25, 0.3) is 0 Å². The Balaban J connectivity index is 1.82. The van der Waals surface area contributed by atoms with Gasteiger partial charge >= 0.3 is 11.9 Å². The summed E-state index contributed by atoms with van der Waals surface area (Å²) in [6, 6.07) is 11.9. The zero-order valence-corrected chi connectivity index (χ0v) is 18.4. The van der Waals surface area contributed by atoms with Crippen LogP contribution < -0.4 is 10.2 Å². The van der Waals surface area contributed by atoms with Crippen LogP contribution in [-0.2, 0) is 25.5 Å². The summed E-state index contributed by atoms with van der Waals surface area (Å²) in [6.45, 7) is 1.34. The van der Waals surface area contributed by atoms with Crippen molar-refractivity contribution in [3.05, 3.63) is 59.9 Å². The minimum Gasteiger partial charge on any atom is -0.480 e. The molecule has 0 aliphatic carbocycles. The van der Waals surface area contributed by atoms with Crippen molar-refractivity contribution in [3.63, 3.8) is 0 Å². The van der Waals surface area contributed by atoms with Gasteiger partial charge in [-0.15, -0.1) is 11.8 Å². The molecule has 1 heterocycles. The summed E-state index contributed by atoms with van der Waals surface area (Å²) in [7, 11) is 0. The van der Waals surface area contributed by atoms with Gasteiger partial charge in [-0.05, 0) is 43.5 Å². The quantitative estimate of drug-likeness (QED) is 0.556. The highest BCUT2D eigenvalue weighted by Gasteiger charge is 2.35. The highest BCUT2D eigenvalue weighted by Crippen LogP contribution is 2.35. The van der Waals surface area contributed by atoms with Gasteiger partial charge in [0.15, 0.2) is 0 Å². The van der Waals surface area contributed by atoms with Crippen molar-refractivity contribution in [1.29, 1.82) is 0 Å². The maximum absolute atomic E-state index is 13.8. The van der Waals surface area contributed by atoms with E-state index in [1.54, 1.807) is 6.92 Å². The number of carbonyl (C=O) groups excluding carboxylic acids is 2. The van der Waals surface area contributed by atoms with Gasteiger partial charge in [0, 0.05) is 10.6 Å². The first-order chi connectivity index (χ1) is 15.4. The van der Waals surface area contributed by atoms with Crippen LogP contribution in [0.3, 0.4) is 0 Å². The number of carbonyl (C=O) groups is 3. The number of nitrogens with one attached hydrogen (secondary N) is 1. The second-order valence-corrected chi connectivity index (χ2v) is 8.35. The molecule has 2 unspecified atom stereocenters. The van der Waals surface area contributed by atoms with E-state index in [1.807, 2.05) is 30.3 Å². The summed E-state index contributed by atoms with van der Waals surface area (Å²) in [4.78, 5) is 38.9. The van der Waals surface area contributed by atoms with Crippen molar-refractivity contribution in [2.45, 2.75) is 36.7 Å². The Hall–Kier alpha value is -2.91. The monoisotopic (exact) mass is 460 g/mol. The Morgan fingerprint density at radius 1 is 1.28 bits per heavy atom. The van der Waals surface area contributed by atoms with Gasteiger partial charge in [-0.25, -0.2) is 4.39 Å². The number of benzene rings is 2. The lowest BCUT2D eigenvalue weighted by Crippen LogP contribution is -2.54. The Morgan fingerprint density at radius 2 is 2.03 bits per heavy atom. The molecule has 0 radical (unpaired) electrons. The molecule has 0 saturated carbocycles. The van der Waals surface area contributed by atoms with Gasteiger partial charge in [0.1, 0.15) is 18.4 Å². The first-order valence-electron chi connectivity index (χ1n) is 10.3. The predicted molar refractivity (Wildman–Crippen MR) is 119 cm³/mol. The standard InChI is InChI=1S/C23H25FN2O5S/c1-2-31-23(30)17(10-8-15-6-4-3-5-7-15)25-18-14-32-20-12-16(24)9-11-19(20)26(22(18)29)13-21(27)28/h3-7,9,11-12,17-18,25H,2,8,10,13-14H2,1H3,(H,27,28). The maximum Gasteiger partial charge on any atom is 0.323 e. The molecule has 0 spiro atoms. The summed E-state index contributed by atoms with van der Waals surface area (Å²) in [5.41, 5.74) is 1.38. The zero-order valence-electron chi connectivity index (χ0n) is 17.6. The SMILES string of the molecule is CCOC(=O)C(CCc1ccccc1)NC1CSc2cc(F)ccc2N(CC(=O)O)C1=O. The summed E-state index contributed by atoms with van der Waals surface area (Å²) in [5, 5.41) is 12.4. The van der Waals surface area contributed by atoms with Crippen LogP contribution in [-0.4, -0.2) is 53.9 Å². The molecule has 1 aliphatic heterocycles. The van der Waals surface area contributed by atoms with Crippen LogP contribution in [0.5, 0.6) is 0 Å². The van der Waals surface area contributed by atoms with Crippen LogP contribution in [0, 0.1) is 5.82 Å². The molecule has 0 saturated heterocycles. The summed E-state index contributed by atoms with van der Waals surface area (Å²) in [6.07, 6.45) is 0.994. The molecule has 0 aromatic heterocycles. The molecule has 0 fully saturated rings. The van der Waals surface area contributed by atoms with Crippen molar-refractivity contribution in [2.24, 2.45) is 0 Å². The third-order valence-electron chi connectivity index (χ3n) is 5.01. The van der Waals surface area contributed by atoms with E-state index in [-0.39, 0.29) is 12.4 Å². The van der Waals surface area contributed by atoms with Crippen LogP contribution in [0.2, 0.25) is 0 Å². The van der Waals surface area contributed by atoms with Crippen LogP contribution >= 0.6 is 11.8 Å². The third-order valence-corrected chi connectivity index (χ3v) is 6.15. The van der Waals surface area contributed by atoms with E-state index in [0.717, 1.165) is 10.5 Å². The van der Waals surface area contributed by atoms with Gasteiger partial charge in [-0.3, -0.25) is 24.6 Å². The number of hydrogen-bond donors (Lipinski definition) is 2. The van der Waals surface area contributed by atoms with Crippen molar-refractivity contribution < 1.29 is 28.6 Å². The number of thioether (sulfide) groups is 1. The van der Waals surface area contributed by atoms with Crippen molar-refractivity contribution >= 4 is 35.3 Å². The van der Waals surface area contributed by atoms with Gasteiger partial charge in [0.2, 0.25) is 5.91 Å². The van der Waals surface area contributed by atoms with E-state index >= 15 is 0 Å². The fourth-order valence-electron chi connectivity index (χ4n) is 3.51. The molecular weight excluding hydrogens is 435 g/mol. The average molecular weight is 461 g/mol. The lowest BCUT2D eigenvalue weighted by molar-refractivity contribution is -0.146. The van der Waals surface area contributed by atoms with Crippen LogP contribution in [0.4, 0.5) is 10.1 Å². The molecule has 3 rings (SSSR count). The number of rotatable bonds is 9. The number of carboxylic acid groups (broad SMARTS) is 1. The van der Waals surface area contributed by atoms with Crippen molar-refractivity contribution in [3.8, 4) is 0 Å².